The number of benzene rings is 2. The lowest BCUT2D eigenvalue weighted by molar-refractivity contribution is 0.0364. The number of hydrogen-bond donors (Lipinski definition) is 3. The monoisotopic (exact) mass is 628 g/mol. The molecule has 1 aliphatic heterocycles. The first-order valence-electron chi connectivity index (χ1n) is 15.5. The maximum absolute atomic E-state index is 14.3. The van der Waals surface area contributed by atoms with Gasteiger partial charge in [-0.25, -0.2) is 4.39 Å². The van der Waals surface area contributed by atoms with Crippen molar-refractivity contribution in [2.75, 3.05) is 55.3 Å². The fourth-order valence-electron chi connectivity index (χ4n) is 4.93. The van der Waals surface area contributed by atoms with Crippen LogP contribution in [-0.2, 0) is 16.0 Å². The Morgan fingerprint density at radius 2 is 1.80 bits per heavy atom. The summed E-state index contributed by atoms with van der Waals surface area (Å²) in [5.41, 5.74) is 6.17. The second-order valence-corrected chi connectivity index (χ2v) is 12.2. The van der Waals surface area contributed by atoms with Gasteiger partial charge in [-0.05, 0) is 82.2 Å². The third-order valence-electron chi connectivity index (χ3n) is 7.23. The first-order chi connectivity index (χ1) is 22.0. The second kappa shape index (κ2) is 16.1. The van der Waals surface area contributed by atoms with Crippen LogP contribution in [0.5, 0.6) is 0 Å². The van der Waals surface area contributed by atoms with Crippen molar-refractivity contribution in [1.82, 2.24) is 14.8 Å². The predicted molar refractivity (Wildman–Crippen MR) is 182 cm³/mol. The zero-order valence-electron chi connectivity index (χ0n) is 27.3. The first kappa shape index (κ1) is 34.2. The van der Waals surface area contributed by atoms with E-state index in [1.807, 2.05) is 51.1 Å². The molecule has 1 amide bonds. The van der Waals surface area contributed by atoms with Gasteiger partial charge in [-0.15, -0.1) is 0 Å². The topological polar surface area (TPSA) is 91.0 Å². The van der Waals surface area contributed by atoms with Crippen molar-refractivity contribution in [2.24, 2.45) is 0 Å². The number of halogens is 1. The van der Waals surface area contributed by atoms with Crippen LogP contribution in [-0.4, -0.2) is 65.7 Å². The zero-order valence-corrected chi connectivity index (χ0v) is 27.3. The molecule has 10 heteroatoms. The molecule has 3 N–H and O–H groups in total. The molecule has 1 fully saturated rings. The number of nitrogens with one attached hydrogen (secondary N) is 3. The fourth-order valence-corrected chi connectivity index (χ4v) is 4.93. The summed E-state index contributed by atoms with van der Waals surface area (Å²) in [6, 6.07) is 15.9. The van der Waals surface area contributed by atoms with E-state index in [0.29, 0.717) is 47.4 Å². The van der Waals surface area contributed by atoms with Crippen molar-refractivity contribution >= 4 is 23.0 Å². The lowest BCUT2D eigenvalue weighted by Crippen LogP contribution is -2.38. The van der Waals surface area contributed by atoms with Gasteiger partial charge in [-0.1, -0.05) is 36.6 Å². The summed E-state index contributed by atoms with van der Waals surface area (Å²) in [6.07, 6.45) is 2.59. The highest BCUT2D eigenvalue weighted by molar-refractivity contribution is 6.04. The molecule has 0 saturated carbocycles. The highest BCUT2D eigenvalue weighted by atomic mass is 19.1. The molecule has 1 saturated heterocycles. The van der Waals surface area contributed by atoms with E-state index in [1.165, 1.54) is 6.07 Å². The molecular weight excluding hydrogens is 583 g/mol. The molecule has 0 atom stereocenters. The van der Waals surface area contributed by atoms with Gasteiger partial charge < -0.3 is 30.3 Å². The molecule has 1 aromatic heterocycles. The normalized spacial score (nSPS) is 13.3. The van der Waals surface area contributed by atoms with Gasteiger partial charge in [0.2, 0.25) is 0 Å². The third kappa shape index (κ3) is 10.5. The zero-order chi connectivity index (χ0) is 33.1. The van der Waals surface area contributed by atoms with E-state index in [1.54, 1.807) is 31.3 Å². The van der Waals surface area contributed by atoms with Gasteiger partial charge in [0, 0.05) is 44.6 Å². The van der Waals surface area contributed by atoms with Crippen LogP contribution in [0.15, 0.2) is 91.4 Å². The molecule has 0 bridgehead atoms. The maximum atomic E-state index is 14.3. The second-order valence-electron chi connectivity index (χ2n) is 12.2. The van der Waals surface area contributed by atoms with Gasteiger partial charge in [0.15, 0.2) is 11.7 Å². The van der Waals surface area contributed by atoms with Crippen LogP contribution in [0.25, 0.3) is 0 Å². The number of nitrogens with zero attached hydrogens (tertiary/aromatic N) is 3. The molecule has 1 aliphatic rings. The number of amides is 1. The van der Waals surface area contributed by atoms with E-state index in [2.05, 4.69) is 49.6 Å². The van der Waals surface area contributed by atoms with Crippen molar-refractivity contribution in [3.05, 3.63) is 114 Å². The number of carbonyl (C=O) groups is 1. The molecule has 0 spiro atoms. The van der Waals surface area contributed by atoms with Crippen LogP contribution in [0.2, 0.25) is 0 Å². The van der Waals surface area contributed by atoms with E-state index in [0.717, 1.165) is 44.8 Å². The van der Waals surface area contributed by atoms with Crippen LogP contribution in [0.4, 0.5) is 21.5 Å². The smallest absolute Gasteiger partial charge is 0.274 e. The van der Waals surface area contributed by atoms with Gasteiger partial charge in [-0.2, -0.15) is 0 Å². The maximum Gasteiger partial charge on any atom is 0.274 e. The molecule has 2 heterocycles. The first-order valence-corrected chi connectivity index (χ1v) is 15.5. The van der Waals surface area contributed by atoms with E-state index in [4.69, 9.17) is 9.47 Å². The molecule has 244 valence electrons. The molecule has 9 nitrogen and oxygen atoms in total. The molecule has 0 aliphatic carbocycles. The van der Waals surface area contributed by atoms with E-state index >= 15 is 0 Å². The van der Waals surface area contributed by atoms with Gasteiger partial charge in [-0.3, -0.25) is 14.7 Å². The van der Waals surface area contributed by atoms with Gasteiger partial charge in [0.1, 0.15) is 17.1 Å². The Balaban J connectivity index is 1.44. The number of aryl methyl sites for hydroxylation is 1. The minimum atomic E-state index is -0.414. The highest BCUT2D eigenvalue weighted by Crippen LogP contribution is 2.25. The van der Waals surface area contributed by atoms with Crippen molar-refractivity contribution in [3.63, 3.8) is 0 Å². The average Bonchev–Trinajstić information content (AvgIpc) is 3.02. The molecule has 0 unspecified atom stereocenters. The molecule has 3 aromatic rings. The summed E-state index contributed by atoms with van der Waals surface area (Å²) >= 11 is 0. The number of anilines is 3. The van der Waals surface area contributed by atoms with Crippen LogP contribution in [0.3, 0.4) is 0 Å². The summed E-state index contributed by atoms with van der Waals surface area (Å²) in [5.74, 6) is 0.376. The molecule has 46 heavy (non-hydrogen) atoms. The summed E-state index contributed by atoms with van der Waals surface area (Å²) < 4.78 is 25.6. The minimum absolute atomic E-state index is 0.273. The van der Waals surface area contributed by atoms with Crippen molar-refractivity contribution in [1.29, 1.82) is 0 Å². The van der Waals surface area contributed by atoms with Crippen LogP contribution >= 0.6 is 0 Å². The Bertz CT molecular complexity index is 1540. The third-order valence-corrected chi connectivity index (χ3v) is 7.23. The van der Waals surface area contributed by atoms with Gasteiger partial charge in [0.05, 0.1) is 24.6 Å². The molecular formula is C36H45FN6O3. The lowest BCUT2D eigenvalue weighted by Gasteiger charge is -2.30. The van der Waals surface area contributed by atoms with Crippen LogP contribution < -0.4 is 16.0 Å². The summed E-state index contributed by atoms with van der Waals surface area (Å²) in [6.45, 7) is 20.8. The van der Waals surface area contributed by atoms with Crippen molar-refractivity contribution in [3.8, 4) is 0 Å². The molecule has 2 aromatic carbocycles. The quantitative estimate of drug-likeness (QED) is 0.134. The standard InChI is InChI=1S/C36H45FN6O3/c1-7-34(40-29-15-13-26(2)30(37)23-29)43(18-10-17-42-19-21-45-22-20-42)25-28-14-16-33(38-24-28)35(44)41-32-12-9-8-11-31(32)39-27(3)46-36(4,5)6/h8-9,11-16,23-24,39-40H,1,3,10,17-22,25H2,2,4-6H3,(H,41,44). The average molecular weight is 629 g/mol. The van der Waals surface area contributed by atoms with Crippen molar-refractivity contribution < 1.29 is 18.7 Å². The Labute approximate surface area is 271 Å². The highest BCUT2D eigenvalue weighted by Gasteiger charge is 2.17. The summed E-state index contributed by atoms with van der Waals surface area (Å²) in [4.78, 5) is 22.1. The lowest BCUT2D eigenvalue weighted by atomic mass is 10.2. The molecule has 4 rings (SSSR count). The van der Waals surface area contributed by atoms with E-state index in [-0.39, 0.29) is 17.4 Å². The summed E-state index contributed by atoms with van der Waals surface area (Å²) in [5, 5.41) is 9.34. The van der Waals surface area contributed by atoms with Crippen molar-refractivity contribution in [2.45, 2.75) is 46.3 Å². The van der Waals surface area contributed by atoms with Gasteiger partial charge in [0.25, 0.3) is 5.91 Å². The fraction of sp³-hybridized carbons (Fsp3) is 0.361. The number of aromatic nitrogens is 1. The Hall–Kier alpha value is -4.63. The van der Waals surface area contributed by atoms with E-state index in [9.17, 15) is 9.18 Å². The number of carbonyl (C=O) groups excluding carboxylic acids is 1. The van der Waals surface area contributed by atoms with E-state index < -0.39 is 5.60 Å². The van der Waals surface area contributed by atoms with Gasteiger partial charge >= 0.3 is 0 Å². The Morgan fingerprint density at radius 1 is 1.09 bits per heavy atom. The SMILES string of the molecule is C=C=C(Nc1ccc(C)c(F)c1)N(CCCN1CCOCC1)Cc1ccc(C(=O)Nc2ccccc2NC(=C)OC(C)(C)C)nc1. The van der Waals surface area contributed by atoms with Crippen LogP contribution in [0.1, 0.15) is 48.8 Å². The number of para-hydroxylation sites is 2. The Morgan fingerprint density at radius 3 is 2.43 bits per heavy atom. The molecule has 0 radical (unpaired) electrons. The van der Waals surface area contributed by atoms with Crippen LogP contribution in [0, 0.1) is 12.7 Å². The number of morpholine rings is 1. The minimum Gasteiger partial charge on any atom is -0.474 e. The number of hydrogen-bond acceptors (Lipinski definition) is 8. The number of pyridine rings is 1. The summed E-state index contributed by atoms with van der Waals surface area (Å²) in [7, 11) is 0. The largest absolute Gasteiger partial charge is 0.474 e. The predicted octanol–water partition coefficient (Wildman–Crippen LogP) is 6.74. The number of ether oxygens (including phenoxy) is 2. The Kier molecular flexibility index (Phi) is 12.0. The number of rotatable bonds is 14.